The molecule has 3 N–H and O–H groups in total. The number of hydrogen-bond donors (Lipinski definition) is 3. The van der Waals surface area contributed by atoms with Crippen LogP contribution in [0, 0.1) is 5.41 Å². The summed E-state index contributed by atoms with van der Waals surface area (Å²) in [6, 6.07) is 15.4. The number of aliphatic carboxylic acids is 1. The highest BCUT2D eigenvalue weighted by atomic mass is 16.5. The first-order valence-corrected chi connectivity index (χ1v) is 11.3. The molecule has 7 heteroatoms. The van der Waals surface area contributed by atoms with E-state index in [0.717, 1.165) is 22.3 Å². The topological polar surface area (TPSA) is 105 Å². The molecular formula is C26H32N2O5. The molecule has 2 amide bonds. The molecule has 0 radical (unpaired) electrons. The zero-order chi connectivity index (χ0) is 24.0. The number of carboxylic acid groups (broad SMARTS) is 1. The number of fused-ring (bicyclic) bond motifs is 3. The number of unbranched alkanes of at least 4 members (excludes halogenated alkanes) is 1. The van der Waals surface area contributed by atoms with Crippen LogP contribution in [0.3, 0.4) is 0 Å². The van der Waals surface area contributed by atoms with Crippen LogP contribution >= 0.6 is 0 Å². The summed E-state index contributed by atoms with van der Waals surface area (Å²) in [6.45, 7) is 6.13. The van der Waals surface area contributed by atoms with Crippen LogP contribution in [0.25, 0.3) is 11.1 Å². The van der Waals surface area contributed by atoms with E-state index in [1.165, 1.54) is 0 Å². The standard InChI is InChI=1S/C26H32N2O5/c1-26(2,3)23(24(31)27-15-9-8-14-22(29)30)28-25(32)33-16-21-19-12-6-4-10-17(19)18-11-5-7-13-20(18)21/h4-7,10-13,21,23H,8-9,14-16H2,1-3H3,(H,27,31)(H,28,32)(H,29,30)/t23-/m1/s1. The molecule has 2 aromatic carbocycles. The predicted molar refractivity (Wildman–Crippen MR) is 126 cm³/mol. The minimum absolute atomic E-state index is 0.0562. The van der Waals surface area contributed by atoms with E-state index >= 15 is 0 Å². The van der Waals surface area contributed by atoms with E-state index in [9.17, 15) is 14.4 Å². The van der Waals surface area contributed by atoms with Gasteiger partial charge in [-0.1, -0.05) is 69.3 Å². The van der Waals surface area contributed by atoms with E-state index < -0.39 is 23.5 Å². The molecule has 2 aromatic rings. The first kappa shape index (κ1) is 24.3. The average Bonchev–Trinajstić information content (AvgIpc) is 3.08. The summed E-state index contributed by atoms with van der Waals surface area (Å²) in [5, 5.41) is 14.2. The number of rotatable bonds is 9. The van der Waals surface area contributed by atoms with Crippen LogP contribution in [0.2, 0.25) is 0 Å². The van der Waals surface area contributed by atoms with Gasteiger partial charge in [0.2, 0.25) is 5.91 Å². The number of carboxylic acids is 1. The largest absolute Gasteiger partial charge is 0.481 e. The summed E-state index contributed by atoms with van der Waals surface area (Å²) in [4.78, 5) is 36.0. The third-order valence-electron chi connectivity index (χ3n) is 5.85. The van der Waals surface area contributed by atoms with Gasteiger partial charge in [-0.2, -0.15) is 0 Å². The molecule has 0 aromatic heterocycles. The lowest BCUT2D eigenvalue weighted by molar-refractivity contribution is -0.137. The van der Waals surface area contributed by atoms with Crippen molar-refractivity contribution in [2.75, 3.05) is 13.2 Å². The molecule has 0 bridgehead atoms. The Kier molecular flexibility index (Phi) is 7.74. The van der Waals surface area contributed by atoms with Gasteiger partial charge in [-0.15, -0.1) is 0 Å². The first-order chi connectivity index (χ1) is 15.7. The molecule has 3 rings (SSSR count). The maximum absolute atomic E-state index is 12.7. The Morgan fingerprint density at radius 3 is 2.09 bits per heavy atom. The highest BCUT2D eigenvalue weighted by molar-refractivity contribution is 5.86. The zero-order valence-electron chi connectivity index (χ0n) is 19.4. The monoisotopic (exact) mass is 452 g/mol. The van der Waals surface area contributed by atoms with Crippen molar-refractivity contribution in [2.45, 2.75) is 52.0 Å². The Hall–Kier alpha value is -3.35. The molecule has 0 fully saturated rings. The molecule has 1 aliphatic rings. The van der Waals surface area contributed by atoms with Crippen LogP contribution in [-0.4, -0.2) is 42.3 Å². The quantitative estimate of drug-likeness (QED) is 0.492. The molecule has 0 unspecified atom stereocenters. The fourth-order valence-electron chi connectivity index (χ4n) is 4.15. The van der Waals surface area contributed by atoms with Gasteiger partial charge < -0.3 is 20.5 Å². The van der Waals surface area contributed by atoms with E-state index in [-0.39, 0.29) is 24.9 Å². The molecule has 1 atom stereocenters. The van der Waals surface area contributed by atoms with Crippen molar-refractivity contribution < 1.29 is 24.2 Å². The lowest BCUT2D eigenvalue weighted by atomic mass is 9.86. The van der Waals surface area contributed by atoms with Crippen molar-refractivity contribution in [2.24, 2.45) is 5.41 Å². The molecule has 7 nitrogen and oxygen atoms in total. The lowest BCUT2D eigenvalue weighted by Crippen LogP contribution is -2.53. The van der Waals surface area contributed by atoms with Gasteiger partial charge >= 0.3 is 12.1 Å². The van der Waals surface area contributed by atoms with E-state index in [2.05, 4.69) is 34.9 Å². The SMILES string of the molecule is CC(C)(C)[C@H](NC(=O)OCC1c2ccccc2-c2ccccc21)C(=O)NCCCCC(=O)O. The van der Waals surface area contributed by atoms with Crippen LogP contribution < -0.4 is 10.6 Å². The predicted octanol–water partition coefficient (Wildman–Crippen LogP) is 4.31. The number of carbonyl (C=O) groups is 3. The van der Waals surface area contributed by atoms with Crippen LogP contribution in [0.5, 0.6) is 0 Å². The summed E-state index contributed by atoms with van der Waals surface area (Å²) in [5.74, 6) is -1.23. The van der Waals surface area contributed by atoms with Crippen LogP contribution in [-0.2, 0) is 14.3 Å². The number of hydrogen-bond acceptors (Lipinski definition) is 4. The van der Waals surface area contributed by atoms with Crippen molar-refractivity contribution in [3.63, 3.8) is 0 Å². The molecule has 33 heavy (non-hydrogen) atoms. The molecule has 0 aliphatic heterocycles. The smallest absolute Gasteiger partial charge is 0.407 e. The fourth-order valence-corrected chi connectivity index (χ4v) is 4.15. The van der Waals surface area contributed by atoms with Gasteiger partial charge in [-0.25, -0.2) is 4.79 Å². The maximum atomic E-state index is 12.7. The van der Waals surface area contributed by atoms with Gasteiger partial charge in [0.15, 0.2) is 0 Å². The summed E-state index contributed by atoms with van der Waals surface area (Å²) >= 11 is 0. The van der Waals surface area contributed by atoms with Crippen LogP contribution in [0.15, 0.2) is 48.5 Å². The van der Waals surface area contributed by atoms with E-state index in [1.807, 2.05) is 45.0 Å². The lowest BCUT2D eigenvalue weighted by Gasteiger charge is -2.30. The van der Waals surface area contributed by atoms with Gasteiger partial charge in [0.1, 0.15) is 12.6 Å². The number of alkyl carbamates (subject to hydrolysis) is 1. The summed E-state index contributed by atoms with van der Waals surface area (Å²) in [6.07, 6.45) is 0.462. The third-order valence-corrected chi connectivity index (χ3v) is 5.85. The van der Waals surface area contributed by atoms with Gasteiger partial charge in [0.25, 0.3) is 0 Å². The highest BCUT2D eigenvalue weighted by Crippen LogP contribution is 2.44. The maximum Gasteiger partial charge on any atom is 0.407 e. The molecule has 0 heterocycles. The van der Waals surface area contributed by atoms with Crippen molar-refractivity contribution in [1.82, 2.24) is 10.6 Å². The Bertz CT molecular complexity index is 966. The molecule has 176 valence electrons. The molecular weight excluding hydrogens is 420 g/mol. The minimum atomic E-state index is -0.856. The van der Waals surface area contributed by atoms with Gasteiger partial charge in [-0.3, -0.25) is 9.59 Å². The highest BCUT2D eigenvalue weighted by Gasteiger charge is 2.34. The van der Waals surface area contributed by atoms with Crippen molar-refractivity contribution in [3.8, 4) is 11.1 Å². The second-order valence-corrected chi connectivity index (χ2v) is 9.41. The molecule has 0 saturated heterocycles. The number of nitrogens with one attached hydrogen (secondary N) is 2. The second kappa shape index (κ2) is 10.5. The summed E-state index contributed by atoms with van der Waals surface area (Å²) < 4.78 is 5.59. The molecule has 0 saturated carbocycles. The Morgan fingerprint density at radius 2 is 1.55 bits per heavy atom. The number of carbonyl (C=O) groups excluding carboxylic acids is 2. The van der Waals surface area contributed by atoms with Gasteiger partial charge in [-0.05, 0) is 40.5 Å². The van der Waals surface area contributed by atoms with Gasteiger partial charge in [0, 0.05) is 18.9 Å². The molecule has 1 aliphatic carbocycles. The van der Waals surface area contributed by atoms with Crippen molar-refractivity contribution in [1.29, 1.82) is 0 Å². The first-order valence-electron chi connectivity index (χ1n) is 11.3. The van der Waals surface area contributed by atoms with Gasteiger partial charge in [0.05, 0.1) is 0 Å². The Morgan fingerprint density at radius 1 is 0.970 bits per heavy atom. The Balaban J connectivity index is 1.59. The third kappa shape index (κ3) is 6.12. The summed E-state index contributed by atoms with van der Waals surface area (Å²) in [5.41, 5.74) is 4.02. The van der Waals surface area contributed by atoms with E-state index in [0.29, 0.717) is 19.4 Å². The fraction of sp³-hybridized carbons (Fsp3) is 0.423. The average molecular weight is 453 g/mol. The van der Waals surface area contributed by atoms with Crippen LogP contribution in [0.4, 0.5) is 4.79 Å². The van der Waals surface area contributed by atoms with Crippen LogP contribution in [0.1, 0.15) is 57.1 Å². The number of benzene rings is 2. The summed E-state index contributed by atoms with van der Waals surface area (Å²) in [7, 11) is 0. The normalized spacial score (nSPS) is 13.5. The number of ether oxygens (including phenoxy) is 1. The minimum Gasteiger partial charge on any atom is -0.481 e. The van der Waals surface area contributed by atoms with E-state index in [4.69, 9.17) is 9.84 Å². The van der Waals surface area contributed by atoms with Crippen molar-refractivity contribution in [3.05, 3.63) is 59.7 Å². The second-order valence-electron chi connectivity index (χ2n) is 9.41. The molecule has 0 spiro atoms. The number of amides is 2. The zero-order valence-corrected chi connectivity index (χ0v) is 19.4. The van der Waals surface area contributed by atoms with Crippen molar-refractivity contribution >= 4 is 18.0 Å². The van der Waals surface area contributed by atoms with E-state index in [1.54, 1.807) is 0 Å². The Labute approximate surface area is 194 Å².